The van der Waals surface area contributed by atoms with Gasteiger partial charge < -0.3 is 19.9 Å². The fourth-order valence-electron chi connectivity index (χ4n) is 5.92. The Labute approximate surface area is 264 Å². The highest BCUT2D eigenvalue weighted by molar-refractivity contribution is 6.04. The van der Waals surface area contributed by atoms with Gasteiger partial charge in [0.1, 0.15) is 0 Å². The Balaban J connectivity index is 1.22. The Morgan fingerprint density at radius 3 is 2.36 bits per heavy atom. The minimum atomic E-state index is -0.596. The first-order valence-corrected chi connectivity index (χ1v) is 15.4. The Morgan fingerprint density at radius 2 is 1.64 bits per heavy atom. The molecule has 7 heteroatoms. The lowest BCUT2D eigenvalue weighted by atomic mass is 9.89. The predicted octanol–water partition coefficient (Wildman–Crippen LogP) is 7.46. The molecular weight excluding hydrogens is 562 g/mol. The molecule has 7 nitrogen and oxygen atoms in total. The minimum Gasteiger partial charge on any atom is -0.392 e. The zero-order valence-corrected chi connectivity index (χ0v) is 25.8. The van der Waals surface area contributed by atoms with E-state index in [0.29, 0.717) is 17.8 Å². The number of likely N-dealkylation sites (N-methyl/N-ethyl adjacent to an activating group) is 1. The second-order valence-corrected chi connectivity index (χ2v) is 11.9. The molecule has 5 unspecified atom stereocenters. The molecule has 0 bridgehead atoms. The molecule has 1 aliphatic heterocycles. The van der Waals surface area contributed by atoms with Crippen LogP contribution in [0.15, 0.2) is 116 Å². The molecule has 6 rings (SSSR count). The monoisotopic (exact) mass is 601 g/mol. The number of aromatic nitrogens is 1. The van der Waals surface area contributed by atoms with Crippen molar-refractivity contribution >= 4 is 22.4 Å². The Bertz CT molecular complexity index is 1730. The summed E-state index contributed by atoms with van der Waals surface area (Å²) in [4.78, 5) is 19.0. The molecule has 0 spiro atoms. The van der Waals surface area contributed by atoms with Crippen molar-refractivity contribution in [2.45, 2.75) is 45.0 Å². The molecule has 0 aliphatic carbocycles. The van der Waals surface area contributed by atoms with Crippen molar-refractivity contribution in [2.24, 2.45) is 5.92 Å². The number of fused-ring (bicyclic) bond motifs is 1. The number of hydrogen-bond donors (Lipinski definition) is 2. The van der Waals surface area contributed by atoms with E-state index in [9.17, 15) is 9.90 Å². The smallest absolute Gasteiger partial charge is 0.257 e. The zero-order valence-electron chi connectivity index (χ0n) is 25.8. The summed E-state index contributed by atoms with van der Waals surface area (Å²) in [6.07, 6.45) is 2.25. The number of hydrogen-bond acceptors (Lipinski definition) is 6. The van der Waals surface area contributed by atoms with Crippen molar-refractivity contribution in [2.75, 3.05) is 18.9 Å². The molecule has 5 atom stereocenters. The molecule has 45 heavy (non-hydrogen) atoms. The lowest BCUT2D eigenvalue weighted by molar-refractivity contribution is -0.276. The van der Waals surface area contributed by atoms with Crippen LogP contribution in [0, 0.1) is 5.92 Å². The number of aliphatic hydroxyl groups is 1. The van der Waals surface area contributed by atoms with Gasteiger partial charge in [-0.3, -0.25) is 14.7 Å². The third-order valence-corrected chi connectivity index (χ3v) is 8.87. The van der Waals surface area contributed by atoms with Gasteiger partial charge in [-0.15, -0.1) is 0 Å². The van der Waals surface area contributed by atoms with Crippen LogP contribution in [0.25, 0.3) is 10.8 Å². The number of nitrogens with one attached hydrogen (secondary N) is 1. The lowest BCUT2D eigenvalue weighted by Crippen LogP contribution is -2.44. The molecular formula is C38H39N3O4. The quantitative estimate of drug-likeness (QED) is 0.182. The number of benzene rings is 4. The average molecular weight is 602 g/mol. The standard InChI is InChI=1S/C38H39N3O4/c1-25-35(23-41(3)26(2)31-15-14-28-7-4-5-8-32(28)21-31)44-38(45-36(25)29-12-10-27(24-42)11-13-29)30-16-18-34(19-17-30)40-37(43)33-9-6-20-39-22-33/h4-22,25-26,35-36,38,42H,23-24H2,1-3H3,(H,40,43). The van der Waals surface area contributed by atoms with E-state index in [-0.39, 0.29) is 36.7 Å². The van der Waals surface area contributed by atoms with Gasteiger partial charge in [0.05, 0.1) is 24.4 Å². The van der Waals surface area contributed by atoms with Crippen molar-refractivity contribution in [3.05, 3.63) is 143 Å². The van der Waals surface area contributed by atoms with E-state index in [0.717, 1.165) is 16.7 Å². The molecule has 1 aromatic heterocycles. The van der Waals surface area contributed by atoms with Crippen molar-refractivity contribution in [1.82, 2.24) is 9.88 Å². The minimum absolute atomic E-state index is 0.00313. The van der Waals surface area contributed by atoms with Crippen LogP contribution < -0.4 is 5.32 Å². The highest BCUT2D eigenvalue weighted by Gasteiger charge is 2.39. The van der Waals surface area contributed by atoms with Crippen molar-refractivity contribution in [3.8, 4) is 0 Å². The third kappa shape index (κ3) is 6.97. The van der Waals surface area contributed by atoms with Crippen LogP contribution in [-0.2, 0) is 16.1 Å². The van der Waals surface area contributed by atoms with Gasteiger partial charge in [-0.2, -0.15) is 0 Å². The number of amides is 1. The van der Waals surface area contributed by atoms with Crippen LogP contribution in [-0.4, -0.2) is 40.6 Å². The molecule has 0 radical (unpaired) electrons. The lowest BCUT2D eigenvalue weighted by Gasteiger charge is -2.43. The molecule has 2 N–H and O–H groups in total. The number of carbonyl (C=O) groups excluding carboxylic acids is 1. The maximum atomic E-state index is 12.6. The second kappa shape index (κ2) is 13.7. The van der Waals surface area contributed by atoms with Crippen molar-refractivity contribution in [3.63, 3.8) is 0 Å². The second-order valence-electron chi connectivity index (χ2n) is 11.9. The van der Waals surface area contributed by atoms with E-state index in [1.54, 1.807) is 24.5 Å². The molecule has 1 aliphatic rings. The number of aliphatic hydroxyl groups excluding tert-OH is 1. The summed E-state index contributed by atoms with van der Waals surface area (Å²) in [7, 11) is 2.14. The van der Waals surface area contributed by atoms with Crippen LogP contribution in [0.2, 0.25) is 0 Å². The van der Waals surface area contributed by atoms with Gasteiger partial charge in [0.15, 0.2) is 6.29 Å². The topological polar surface area (TPSA) is 83.9 Å². The summed E-state index contributed by atoms with van der Waals surface area (Å²) in [5.74, 6) is -0.157. The summed E-state index contributed by atoms with van der Waals surface area (Å²) in [5, 5.41) is 15.0. The zero-order chi connectivity index (χ0) is 31.3. The van der Waals surface area contributed by atoms with Gasteiger partial charge in [0.2, 0.25) is 0 Å². The molecule has 0 saturated carbocycles. The van der Waals surface area contributed by atoms with E-state index >= 15 is 0 Å². The van der Waals surface area contributed by atoms with Gasteiger partial charge in [0.25, 0.3) is 5.91 Å². The summed E-state index contributed by atoms with van der Waals surface area (Å²) in [6, 6.07) is 34.3. The largest absolute Gasteiger partial charge is 0.392 e. The van der Waals surface area contributed by atoms with E-state index in [1.165, 1.54) is 16.3 Å². The van der Waals surface area contributed by atoms with Gasteiger partial charge in [0, 0.05) is 42.1 Å². The van der Waals surface area contributed by atoms with Crippen LogP contribution >= 0.6 is 0 Å². The Kier molecular flexibility index (Phi) is 9.33. The number of ether oxygens (including phenoxy) is 2. The first-order chi connectivity index (χ1) is 21.9. The van der Waals surface area contributed by atoms with Crippen LogP contribution in [0.1, 0.15) is 64.9 Å². The number of rotatable bonds is 9. The van der Waals surface area contributed by atoms with Crippen LogP contribution in [0.3, 0.4) is 0 Å². The van der Waals surface area contributed by atoms with E-state index in [4.69, 9.17) is 9.47 Å². The highest BCUT2D eigenvalue weighted by Crippen LogP contribution is 2.42. The molecule has 230 valence electrons. The predicted molar refractivity (Wildman–Crippen MR) is 177 cm³/mol. The highest BCUT2D eigenvalue weighted by atomic mass is 16.7. The van der Waals surface area contributed by atoms with Crippen molar-refractivity contribution in [1.29, 1.82) is 0 Å². The molecule has 1 amide bonds. The first kappa shape index (κ1) is 30.6. The van der Waals surface area contributed by atoms with Gasteiger partial charge >= 0.3 is 0 Å². The molecule has 2 heterocycles. The fourth-order valence-corrected chi connectivity index (χ4v) is 5.92. The van der Waals surface area contributed by atoms with Gasteiger partial charge in [-0.25, -0.2) is 0 Å². The summed E-state index contributed by atoms with van der Waals surface area (Å²) >= 11 is 0. The fraction of sp³-hybridized carbons (Fsp3) is 0.263. The van der Waals surface area contributed by atoms with E-state index in [1.807, 2.05) is 48.5 Å². The summed E-state index contributed by atoms with van der Waals surface area (Å²) < 4.78 is 13.3. The number of carbonyl (C=O) groups is 1. The molecule has 1 fully saturated rings. The Hall–Kier alpha value is -4.40. The third-order valence-electron chi connectivity index (χ3n) is 8.87. The SMILES string of the molecule is CC1C(CN(C)C(C)c2ccc3ccccc3c2)OC(c2ccc(NC(=O)c3cccnc3)cc2)OC1c1ccc(CO)cc1. The van der Waals surface area contributed by atoms with E-state index < -0.39 is 6.29 Å². The summed E-state index contributed by atoms with van der Waals surface area (Å²) in [6.45, 7) is 5.11. The summed E-state index contributed by atoms with van der Waals surface area (Å²) in [5.41, 5.74) is 5.20. The molecule has 4 aromatic carbocycles. The van der Waals surface area contributed by atoms with Crippen LogP contribution in [0.5, 0.6) is 0 Å². The maximum Gasteiger partial charge on any atom is 0.257 e. The Morgan fingerprint density at radius 1 is 0.911 bits per heavy atom. The van der Waals surface area contributed by atoms with Gasteiger partial charge in [-0.05, 0) is 71.8 Å². The number of nitrogens with zero attached hydrogens (tertiary/aromatic N) is 2. The number of anilines is 1. The van der Waals surface area contributed by atoms with Crippen LogP contribution in [0.4, 0.5) is 5.69 Å². The van der Waals surface area contributed by atoms with E-state index in [2.05, 4.69) is 78.6 Å². The average Bonchev–Trinajstić information content (AvgIpc) is 3.09. The molecule has 1 saturated heterocycles. The number of pyridine rings is 1. The normalized spacial score (nSPS) is 20.6. The van der Waals surface area contributed by atoms with Crippen molar-refractivity contribution < 1.29 is 19.4 Å². The molecule has 5 aromatic rings. The first-order valence-electron chi connectivity index (χ1n) is 15.4. The maximum absolute atomic E-state index is 12.6. The van der Waals surface area contributed by atoms with Gasteiger partial charge in [-0.1, -0.05) is 79.7 Å².